The first-order valence-electron chi connectivity index (χ1n) is 10.5. The lowest BCUT2D eigenvalue weighted by Gasteiger charge is -2.31. The molecular weight excluding hydrogens is 360 g/mol. The summed E-state index contributed by atoms with van der Waals surface area (Å²) < 4.78 is 7.23. The van der Waals surface area contributed by atoms with Gasteiger partial charge < -0.3 is 4.74 Å². The van der Waals surface area contributed by atoms with Crippen molar-refractivity contribution in [1.82, 2.24) is 19.7 Å². The van der Waals surface area contributed by atoms with E-state index < -0.39 is 0 Å². The second-order valence-electron chi connectivity index (χ2n) is 7.87. The minimum atomic E-state index is 0.569. The van der Waals surface area contributed by atoms with Crippen LogP contribution in [0.4, 0.5) is 0 Å². The molecule has 0 atom stereocenters. The van der Waals surface area contributed by atoms with E-state index in [1.165, 1.54) is 35.2 Å². The standard InChI is InChI=1S/C24H30N4O/c1-3-28-18-21(16-26-28)17-27-12-10-22(11-13-27)24-9-6-20(15-25-24)14-19-4-7-23(29-2)8-5-19/h4-9,15-16,18,22H,3,10-14,17H2,1-2H3. The van der Waals surface area contributed by atoms with Crippen LogP contribution in [0.1, 0.15) is 48.1 Å². The first-order valence-corrected chi connectivity index (χ1v) is 10.5. The summed E-state index contributed by atoms with van der Waals surface area (Å²) in [5.41, 5.74) is 5.08. The van der Waals surface area contributed by atoms with Crippen molar-refractivity contribution in [3.8, 4) is 5.75 Å². The van der Waals surface area contributed by atoms with E-state index in [1.54, 1.807) is 7.11 Å². The molecule has 152 valence electrons. The fourth-order valence-corrected chi connectivity index (χ4v) is 4.07. The molecule has 1 aromatic carbocycles. The molecule has 5 heteroatoms. The Labute approximate surface area is 173 Å². The number of benzene rings is 1. The number of ether oxygens (including phenoxy) is 1. The SMILES string of the molecule is CCn1cc(CN2CCC(c3ccc(Cc4ccc(OC)cc4)cn3)CC2)cn1. The highest BCUT2D eigenvalue weighted by Gasteiger charge is 2.21. The topological polar surface area (TPSA) is 43.2 Å². The maximum absolute atomic E-state index is 5.23. The van der Waals surface area contributed by atoms with Crippen molar-refractivity contribution in [2.75, 3.05) is 20.2 Å². The Kier molecular flexibility index (Phi) is 6.25. The Hall–Kier alpha value is -2.66. The van der Waals surface area contributed by atoms with Crippen LogP contribution < -0.4 is 4.74 Å². The number of methoxy groups -OCH3 is 1. The van der Waals surface area contributed by atoms with Gasteiger partial charge in [0.05, 0.1) is 13.3 Å². The number of rotatable bonds is 7. The van der Waals surface area contributed by atoms with Gasteiger partial charge in [0, 0.05) is 42.7 Å². The fourth-order valence-electron chi connectivity index (χ4n) is 4.07. The lowest BCUT2D eigenvalue weighted by molar-refractivity contribution is 0.203. The second-order valence-corrected chi connectivity index (χ2v) is 7.87. The molecule has 0 amide bonds. The predicted octanol–water partition coefficient (Wildman–Crippen LogP) is 4.28. The van der Waals surface area contributed by atoms with Crippen molar-refractivity contribution in [3.63, 3.8) is 0 Å². The molecule has 0 spiro atoms. The molecule has 3 aromatic rings. The molecule has 29 heavy (non-hydrogen) atoms. The lowest BCUT2D eigenvalue weighted by Crippen LogP contribution is -2.32. The van der Waals surface area contributed by atoms with Crippen LogP contribution in [0, 0.1) is 0 Å². The van der Waals surface area contributed by atoms with Crippen molar-refractivity contribution in [2.45, 2.75) is 45.2 Å². The van der Waals surface area contributed by atoms with Crippen molar-refractivity contribution < 1.29 is 4.74 Å². The Bertz CT molecular complexity index is 893. The minimum Gasteiger partial charge on any atom is -0.497 e. The summed E-state index contributed by atoms with van der Waals surface area (Å²) in [6.07, 6.45) is 9.46. The summed E-state index contributed by atoms with van der Waals surface area (Å²) in [4.78, 5) is 7.33. The molecule has 1 saturated heterocycles. The first-order chi connectivity index (χ1) is 14.2. The Morgan fingerprint density at radius 3 is 2.34 bits per heavy atom. The van der Waals surface area contributed by atoms with Gasteiger partial charge in [-0.15, -0.1) is 0 Å². The van der Waals surface area contributed by atoms with Crippen LogP contribution in [0.15, 0.2) is 55.0 Å². The summed E-state index contributed by atoms with van der Waals surface area (Å²) >= 11 is 0. The van der Waals surface area contributed by atoms with Crippen LogP contribution in [-0.2, 0) is 19.5 Å². The van der Waals surface area contributed by atoms with Gasteiger partial charge in [0.2, 0.25) is 0 Å². The molecule has 1 aliphatic rings. The zero-order chi connectivity index (χ0) is 20.1. The van der Waals surface area contributed by atoms with E-state index in [0.29, 0.717) is 5.92 Å². The number of nitrogens with zero attached hydrogens (tertiary/aromatic N) is 4. The van der Waals surface area contributed by atoms with Crippen LogP contribution in [0.5, 0.6) is 5.75 Å². The zero-order valence-corrected chi connectivity index (χ0v) is 17.4. The highest BCUT2D eigenvalue weighted by atomic mass is 16.5. The van der Waals surface area contributed by atoms with Crippen molar-refractivity contribution in [1.29, 1.82) is 0 Å². The van der Waals surface area contributed by atoms with Crippen molar-refractivity contribution in [2.24, 2.45) is 0 Å². The molecule has 0 bridgehead atoms. The average molecular weight is 391 g/mol. The number of hydrogen-bond acceptors (Lipinski definition) is 4. The number of aryl methyl sites for hydroxylation is 1. The number of piperidine rings is 1. The molecule has 0 aliphatic carbocycles. The van der Waals surface area contributed by atoms with E-state index in [4.69, 9.17) is 9.72 Å². The van der Waals surface area contributed by atoms with Gasteiger partial charge in [-0.3, -0.25) is 14.6 Å². The van der Waals surface area contributed by atoms with E-state index in [1.807, 2.05) is 29.2 Å². The zero-order valence-electron chi connectivity index (χ0n) is 17.4. The van der Waals surface area contributed by atoms with Crippen LogP contribution in [0.2, 0.25) is 0 Å². The highest BCUT2D eigenvalue weighted by molar-refractivity contribution is 5.31. The molecule has 2 aromatic heterocycles. The molecule has 0 radical (unpaired) electrons. The van der Waals surface area contributed by atoms with E-state index in [0.717, 1.165) is 38.3 Å². The van der Waals surface area contributed by atoms with Crippen molar-refractivity contribution in [3.05, 3.63) is 77.4 Å². The molecule has 5 nitrogen and oxygen atoms in total. The number of hydrogen-bond donors (Lipinski definition) is 0. The van der Waals surface area contributed by atoms with Gasteiger partial charge in [0.1, 0.15) is 5.75 Å². The summed E-state index contributed by atoms with van der Waals surface area (Å²) in [6.45, 7) is 6.30. The van der Waals surface area contributed by atoms with Gasteiger partial charge in [-0.25, -0.2) is 0 Å². The minimum absolute atomic E-state index is 0.569. The fraction of sp³-hybridized carbons (Fsp3) is 0.417. The number of aromatic nitrogens is 3. The maximum atomic E-state index is 5.23. The molecule has 0 unspecified atom stereocenters. The van der Waals surface area contributed by atoms with Gasteiger partial charge >= 0.3 is 0 Å². The van der Waals surface area contributed by atoms with E-state index in [-0.39, 0.29) is 0 Å². The third-order valence-corrected chi connectivity index (χ3v) is 5.84. The quantitative estimate of drug-likeness (QED) is 0.604. The molecule has 4 rings (SSSR count). The Morgan fingerprint density at radius 1 is 0.966 bits per heavy atom. The first kappa shape index (κ1) is 19.6. The maximum Gasteiger partial charge on any atom is 0.118 e. The second kappa shape index (κ2) is 9.23. The Balaban J connectivity index is 1.29. The molecule has 1 fully saturated rings. The van der Waals surface area contributed by atoms with Gasteiger partial charge in [0.25, 0.3) is 0 Å². The normalized spacial score (nSPS) is 15.5. The summed E-state index contributed by atoms with van der Waals surface area (Å²) in [5.74, 6) is 1.47. The third-order valence-electron chi connectivity index (χ3n) is 5.84. The van der Waals surface area contributed by atoms with Crippen LogP contribution in [0.3, 0.4) is 0 Å². The molecule has 3 heterocycles. The summed E-state index contributed by atoms with van der Waals surface area (Å²) in [6, 6.07) is 12.7. The smallest absolute Gasteiger partial charge is 0.118 e. The number of pyridine rings is 1. The van der Waals surface area contributed by atoms with Crippen LogP contribution in [0.25, 0.3) is 0 Å². The van der Waals surface area contributed by atoms with Crippen LogP contribution >= 0.6 is 0 Å². The van der Waals surface area contributed by atoms with Gasteiger partial charge in [-0.1, -0.05) is 18.2 Å². The molecule has 0 N–H and O–H groups in total. The monoisotopic (exact) mass is 390 g/mol. The largest absolute Gasteiger partial charge is 0.497 e. The van der Waals surface area contributed by atoms with E-state index >= 15 is 0 Å². The summed E-state index contributed by atoms with van der Waals surface area (Å²) in [7, 11) is 1.70. The van der Waals surface area contributed by atoms with E-state index in [2.05, 4.69) is 47.4 Å². The highest BCUT2D eigenvalue weighted by Crippen LogP contribution is 2.27. The average Bonchev–Trinajstić information content (AvgIpc) is 3.23. The molecule has 1 aliphatic heterocycles. The van der Waals surface area contributed by atoms with Crippen molar-refractivity contribution >= 4 is 0 Å². The molecular formula is C24H30N4O. The van der Waals surface area contributed by atoms with Gasteiger partial charge in [0.15, 0.2) is 0 Å². The third kappa shape index (κ3) is 5.04. The Morgan fingerprint density at radius 2 is 1.72 bits per heavy atom. The predicted molar refractivity (Wildman–Crippen MR) is 115 cm³/mol. The summed E-state index contributed by atoms with van der Waals surface area (Å²) in [5, 5.41) is 4.38. The van der Waals surface area contributed by atoms with E-state index in [9.17, 15) is 0 Å². The van der Waals surface area contributed by atoms with Gasteiger partial charge in [-0.2, -0.15) is 5.10 Å². The number of likely N-dealkylation sites (tertiary alicyclic amines) is 1. The molecule has 0 saturated carbocycles. The van der Waals surface area contributed by atoms with Crippen LogP contribution in [-0.4, -0.2) is 39.9 Å². The lowest BCUT2D eigenvalue weighted by atomic mass is 9.92. The van der Waals surface area contributed by atoms with Gasteiger partial charge in [-0.05, 0) is 68.6 Å².